The van der Waals surface area contributed by atoms with Gasteiger partial charge in [0.25, 0.3) is 0 Å². The summed E-state index contributed by atoms with van der Waals surface area (Å²) in [5.74, 6) is -0.267. The van der Waals surface area contributed by atoms with Crippen molar-refractivity contribution < 1.29 is 9.90 Å². The van der Waals surface area contributed by atoms with Crippen LogP contribution in [0.15, 0.2) is 0 Å². The van der Waals surface area contributed by atoms with Crippen LogP contribution in [0.25, 0.3) is 0 Å². The highest BCUT2D eigenvalue weighted by molar-refractivity contribution is 5.76. The number of rotatable bonds is 2. The molecule has 0 heterocycles. The van der Waals surface area contributed by atoms with Crippen molar-refractivity contribution in [1.82, 2.24) is 0 Å². The third kappa shape index (κ3) is 1.67. The van der Waals surface area contributed by atoms with E-state index >= 15 is 0 Å². The monoisotopic (exact) mass is 211 g/mol. The van der Waals surface area contributed by atoms with Crippen LogP contribution >= 0.6 is 0 Å². The van der Waals surface area contributed by atoms with Crippen LogP contribution in [0.5, 0.6) is 0 Å². The summed E-state index contributed by atoms with van der Waals surface area (Å²) in [7, 11) is 0. The van der Waals surface area contributed by atoms with Gasteiger partial charge in [-0.1, -0.05) is 13.8 Å². The van der Waals surface area contributed by atoms with Crippen LogP contribution in [0, 0.1) is 16.7 Å². The Hall–Kier alpha value is -0.570. The van der Waals surface area contributed by atoms with E-state index in [-0.39, 0.29) is 6.04 Å². The topological polar surface area (TPSA) is 63.3 Å². The van der Waals surface area contributed by atoms with Gasteiger partial charge < -0.3 is 10.8 Å². The average molecular weight is 211 g/mol. The third-order valence-electron chi connectivity index (χ3n) is 4.43. The van der Waals surface area contributed by atoms with Crippen molar-refractivity contribution in [1.29, 1.82) is 0 Å². The molecule has 2 fully saturated rings. The SMILES string of the molecule is CC1(C)CCC(C2(C(=O)O)CC(N)C2)C1. The van der Waals surface area contributed by atoms with Gasteiger partial charge in [0.05, 0.1) is 5.41 Å². The predicted octanol–water partition coefficient (Wildman–Crippen LogP) is 2.00. The highest BCUT2D eigenvalue weighted by Crippen LogP contribution is 2.56. The van der Waals surface area contributed by atoms with Crippen LogP contribution in [-0.2, 0) is 4.79 Å². The number of carboxylic acid groups (broad SMARTS) is 1. The Morgan fingerprint density at radius 3 is 2.27 bits per heavy atom. The lowest BCUT2D eigenvalue weighted by Gasteiger charge is -2.47. The van der Waals surface area contributed by atoms with Gasteiger partial charge in [-0.3, -0.25) is 4.79 Å². The van der Waals surface area contributed by atoms with Gasteiger partial charge in [0, 0.05) is 6.04 Å². The smallest absolute Gasteiger partial charge is 0.310 e. The highest BCUT2D eigenvalue weighted by atomic mass is 16.4. The van der Waals surface area contributed by atoms with Crippen molar-refractivity contribution in [3.8, 4) is 0 Å². The minimum Gasteiger partial charge on any atom is -0.481 e. The molecular formula is C12H21NO2. The van der Waals surface area contributed by atoms with Crippen LogP contribution in [0.1, 0.15) is 46.0 Å². The second kappa shape index (κ2) is 3.21. The van der Waals surface area contributed by atoms with E-state index in [1.807, 2.05) is 0 Å². The zero-order valence-corrected chi connectivity index (χ0v) is 9.62. The lowest BCUT2D eigenvalue weighted by Crippen LogP contribution is -2.54. The molecule has 3 heteroatoms. The molecule has 0 spiro atoms. The Labute approximate surface area is 91.0 Å². The quantitative estimate of drug-likeness (QED) is 0.734. The van der Waals surface area contributed by atoms with E-state index < -0.39 is 11.4 Å². The average Bonchev–Trinajstić information content (AvgIpc) is 2.39. The molecule has 15 heavy (non-hydrogen) atoms. The van der Waals surface area contributed by atoms with Gasteiger partial charge in [-0.05, 0) is 43.4 Å². The maximum atomic E-state index is 11.4. The van der Waals surface area contributed by atoms with E-state index in [2.05, 4.69) is 13.8 Å². The maximum absolute atomic E-state index is 11.4. The Morgan fingerprint density at radius 1 is 1.33 bits per heavy atom. The molecule has 0 bridgehead atoms. The van der Waals surface area contributed by atoms with Crippen molar-refractivity contribution in [2.24, 2.45) is 22.5 Å². The maximum Gasteiger partial charge on any atom is 0.310 e. The fourth-order valence-corrected chi connectivity index (χ4v) is 3.47. The second-order valence-corrected chi connectivity index (χ2v) is 6.23. The van der Waals surface area contributed by atoms with Crippen molar-refractivity contribution in [2.75, 3.05) is 0 Å². The number of carboxylic acids is 1. The van der Waals surface area contributed by atoms with Gasteiger partial charge >= 0.3 is 5.97 Å². The van der Waals surface area contributed by atoms with Crippen LogP contribution in [0.3, 0.4) is 0 Å². The summed E-state index contributed by atoms with van der Waals surface area (Å²) in [5, 5.41) is 9.38. The standard InChI is InChI=1S/C12H21NO2/c1-11(2)4-3-8(5-11)12(10(14)15)6-9(13)7-12/h8-9H,3-7,13H2,1-2H3,(H,14,15). The Kier molecular flexibility index (Phi) is 2.34. The predicted molar refractivity (Wildman–Crippen MR) is 58.4 cm³/mol. The molecule has 0 aliphatic heterocycles. The summed E-state index contributed by atoms with van der Waals surface area (Å²) >= 11 is 0. The molecule has 1 atom stereocenters. The normalized spacial score (nSPS) is 43.7. The van der Waals surface area contributed by atoms with Crippen LogP contribution in [0.2, 0.25) is 0 Å². The van der Waals surface area contributed by atoms with Crippen molar-refractivity contribution >= 4 is 5.97 Å². The molecule has 0 radical (unpaired) electrons. The fraction of sp³-hybridized carbons (Fsp3) is 0.917. The fourth-order valence-electron chi connectivity index (χ4n) is 3.47. The first kappa shape index (κ1) is 10.9. The van der Waals surface area contributed by atoms with E-state index in [9.17, 15) is 9.90 Å². The lowest BCUT2D eigenvalue weighted by molar-refractivity contribution is -0.161. The summed E-state index contributed by atoms with van der Waals surface area (Å²) in [5.41, 5.74) is 5.61. The lowest BCUT2D eigenvalue weighted by atomic mass is 9.58. The van der Waals surface area contributed by atoms with E-state index in [4.69, 9.17) is 5.73 Å². The Balaban J connectivity index is 2.12. The zero-order valence-electron chi connectivity index (χ0n) is 9.62. The van der Waals surface area contributed by atoms with E-state index in [0.717, 1.165) is 19.3 Å². The van der Waals surface area contributed by atoms with E-state index in [1.165, 1.54) is 0 Å². The largest absolute Gasteiger partial charge is 0.481 e. The molecule has 0 amide bonds. The zero-order chi connectivity index (χ0) is 11.3. The van der Waals surface area contributed by atoms with Gasteiger partial charge in [-0.25, -0.2) is 0 Å². The Morgan fingerprint density at radius 2 is 1.93 bits per heavy atom. The second-order valence-electron chi connectivity index (χ2n) is 6.23. The summed E-state index contributed by atoms with van der Waals surface area (Å²) in [6.45, 7) is 4.47. The molecule has 3 nitrogen and oxygen atoms in total. The molecule has 2 aliphatic carbocycles. The van der Waals surface area contributed by atoms with E-state index in [0.29, 0.717) is 24.2 Å². The Bertz CT molecular complexity index is 279. The van der Waals surface area contributed by atoms with Crippen molar-refractivity contribution in [3.05, 3.63) is 0 Å². The summed E-state index contributed by atoms with van der Waals surface area (Å²) < 4.78 is 0. The summed E-state index contributed by atoms with van der Waals surface area (Å²) in [6.07, 6.45) is 4.63. The molecule has 0 aromatic carbocycles. The first-order valence-electron chi connectivity index (χ1n) is 5.85. The molecule has 86 valence electrons. The molecule has 2 aliphatic rings. The number of hydrogen-bond donors (Lipinski definition) is 2. The van der Waals surface area contributed by atoms with Crippen LogP contribution < -0.4 is 5.73 Å². The molecule has 2 rings (SSSR count). The number of nitrogens with two attached hydrogens (primary N) is 1. The van der Waals surface area contributed by atoms with Gasteiger partial charge in [0.1, 0.15) is 0 Å². The molecule has 0 aromatic heterocycles. The minimum atomic E-state index is -0.619. The van der Waals surface area contributed by atoms with Gasteiger partial charge in [0.15, 0.2) is 0 Å². The van der Waals surface area contributed by atoms with Crippen molar-refractivity contribution in [2.45, 2.75) is 52.0 Å². The van der Waals surface area contributed by atoms with Crippen LogP contribution in [0.4, 0.5) is 0 Å². The molecule has 1 unspecified atom stereocenters. The molecule has 0 saturated heterocycles. The third-order valence-corrected chi connectivity index (χ3v) is 4.43. The van der Waals surface area contributed by atoms with Crippen molar-refractivity contribution in [3.63, 3.8) is 0 Å². The van der Waals surface area contributed by atoms with Crippen LogP contribution in [-0.4, -0.2) is 17.1 Å². The molecule has 3 N–H and O–H groups in total. The van der Waals surface area contributed by atoms with Gasteiger partial charge in [-0.15, -0.1) is 0 Å². The molecule has 2 saturated carbocycles. The van der Waals surface area contributed by atoms with Gasteiger partial charge in [0.2, 0.25) is 0 Å². The molecular weight excluding hydrogens is 190 g/mol. The molecule has 0 aromatic rings. The number of hydrogen-bond acceptors (Lipinski definition) is 2. The first-order valence-corrected chi connectivity index (χ1v) is 5.85. The summed E-state index contributed by atoms with van der Waals surface area (Å²) in [6, 6.07) is 0.116. The minimum absolute atomic E-state index is 0.116. The number of aliphatic carboxylic acids is 1. The highest BCUT2D eigenvalue weighted by Gasteiger charge is 2.56. The number of carbonyl (C=O) groups is 1. The first-order chi connectivity index (χ1) is 6.86. The summed E-state index contributed by atoms with van der Waals surface area (Å²) in [4.78, 5) is 11.4. The van der Waals surface area contributed by atoms with Gasteiger partial charge in [-0.2, -0.15) is 0 Å². The van der Waals surface area contributed by atoms with E-state index in [1.54, 1.807) is 0 Å².